The van der Waals surface area contributed by atoms with Gasteiger partial charge in [0.1, 0.15) is 11.6 Å². The SMILES string of the molecule is C=C(/C=C(/N=C/C(=O)N1CCc2ccccc2C1C)N(C)/C(=C\C)CC)c1ccc(/C=C(\C)C(=O)O)cc1F. The van der Waals surface area contributed by atoms with Gasteiger partial charge in [0.15, 0.2) is 0 Å². The van der Waals surface area contributed by atoms with Crippen LogP contribution in [0.4, 0.5) is 4.39 Å². The van der Waals surface area contributed by atoms with E-state index in [1.165, 1.54) is 30.8 Å². The number of aliphatic carboxylic acids is 1. The Labute approximate surface area is 230 Å². The zero-order valence-electron chi connectivity index (χ0n) is 23.2. The van der Waals surface area contributed by atoms with Crippen LogP contribution in [0, 0.1) is 5.82 Å². The Balaban J connectivity index is 1.91. The lowest BCUT2D eigenvalue weighted by molar-refractivity contribution is -0.132. The smallest absolute Gasteiger partial charge is 0.331 e. The molecule has 2 aromatic rings. The van der Waals surface area contributed by atoms with Gasteiger partial charge in [-0.15, -0.1) is 0 Å². The van der Waals surface area contributed by atoms with E-state index in [-0.39, 0.29) is 23.1 Å². The number of carboxylic acid groups (broad SMARTS) is 1. The highest BCUT2D eigenvalue weighted by atomic mass is 19.1. The summed E-state index contributed by atoms with van der Waals surface area (Å²) in [5.41, 5.74) is 4.54. The number of amides is 1. The third-order valence-corrected chi connectivity index (χ3v) is 7.02. The summed E-state index contributed by atoms with van der Waals surface area (Å²) in [5, 5.41) is 9.09. The molecule has 1 aliphatic heterocycles. The van der Waals surface area contributed by atoms with Gasteiger partial charge in [0.2, 0.25) is 0 Å². The van der Waals surface area contributed by atoms with Gasteiger partial charge in [-0.05, 0) is 74.1 Å². The fourth-order valence-electron chi connectivity index (χ4n) is 4.70. The van der Waals surface area contributed by atoms with Crippen LogP contribution in [-0.4, -0.2) is 46.6 Å². The Hall–Kier alpha value is -4.26. The molecule has 1 N–H and O–H groups in total. The second kappa shape index (κ2) is 13.0. The predicted molar refractivity (Wildman–Crippen MR) is 155 cm³/mol. The highest BCUT2D eigenvalue weighted by molar-refractivity contribution is 6.26. The van der Waals surface area contributed by atoms with Gasteiger partial charge in [0.05, 0.1) is 12.3 Å². The average Bonchev–Trinajstić information content (AvgIpc) is 2.91. The molecule has 0 aromatic heterocycles. The van der Waals surface area contributed by atoms with Gasteiger partial charge in [-0.1, -0.05) is 56.0 Å². The maximum absolute atomic E-state index is 15.0. The standard InChI is InChI=1S/C32H36FN3O3/c1-7-26(8-2)35(6)30(18-21(3)27-14-13-24(19-29(27)33)17-22(4)32(38)39)34-20-31(37)36-16-15-25-11-9-10-12-28(25)23(36)5/h7,9-14,17-20,23H,3,8,15-16H2,1-2,4-6H3,(H,38,39)/b22-17+,26-7-,30-18-,34-20+. The summed E-state index contributed by atoms with van der Waals surface area (Å²) in [6.45, 7) is 12.1. The van der Waals surface area contributed by atoms with Gasteiger partial charge in [0, 0.05) is 30.4 Å². The molecule has 0 radical (unpaired) electrons. The van der Waals surface area contributed by atoms with Crippen LogP contribution in [0.2, 0.25) is 0 Å². The summed E-state index contributed by atoms with van der Waals surface area (Å²) in [7, 11) is 1.85. The Kier molecular flexibility index (Phi) is 9.77. The molecule has 3 rings (SSSR count). The van der Waals surface area contributed by atoms with Crippen molar-refractivity contribution in [1.82, 2.24) is 9.80 Å². The number of benzene rings is 2. The molecule has 39 heavy (non-hydrogen) atoms. The lowest BCUT2D eigenvalue weighted by atomic mass is 9.94. The number of carbonyl (C=O) groups is 2. The Morgan fingerprint density at radius 1 is 1.26 bits per heavy atom. The Morgan fingerprint density at radius 2 is 1.97 bits per heavy atom. The van der Waals surface area contributed by atoms with E-state index in [9.17, 15) is 9.59 Å². The zero-order chi connectivity index (χ0) is 28.7. The molecule has 0 spiro atoms. The van der Waals surface area contributed by atoms with Crippen molar-refractivity contribution in [2.24, 2.45) is 4.99 Å². The minimum atomic E-state index is -1.06. The highest BCUT2D eigenvalue weighted by Gasteiger charge is 2.26. The number of rotatable bonds is 9. The highest BCUT2D eigenvalue weighted by Crippen LogP contribution is 2.29. The third-order valence-electron chi connectivity index (χ3n) is 7.02. The Bertz CT molecular complexity index is 1390. The normalized spacial score (nSPS) is 16.3. The molecule has 0 fully saturated rings. The van der Waals surface area contributed by atoms with E-state index in [1.54, 1.807) is 23.1 Å². The summed E-state index contributed by atoms with van der Waals surface area (Å²) in [4.78, 5) is 32.5. The third kappa shape index (κ3) is 6.99. The molecule has 6 nitrogen and oxygen atoms in total. The van der Waals surface area contributed by atoms with Gasteiger partial charge in [-0.2, -0.15) is 0 Å². The van der Waals surface area contributed by atoms with Gasteiger partial charge < -0.3 is 14.9 Å². The molecule has 2 aromatic carbocycles. The van der Waals surface area contributed by atoms with E-state index in [1.807, 2.05) is 50.9 Å². The summed E-state index contributed by atoms with van der Waals surface area (Å²) >= 11 is 0. The van der Waals surface area contributed by atoms with E-state index in [2.05, 4.69) is 23.7 Å². The van der Waals surface area contributed by atoms with Gasteiger partial charge in [-0.3, -0.25) is 4.79 Å². The number of hydrogen-bond acceptors (Lipinski definition) is 4. The van der Waals surface area contributed by atoms with Gasteiger partial charge in [-0.25, -0.2) is 14.2 Å². The van der Waals surface area contributed by atoms with Crippen molar-refractivity contribution < 1.29 is 19.1 Å². The number of nitrogens with zero attached hydrogens (tertiary/aromatic N) is 3. The number of carbonyl (C=O) groups excluding carboxylic acids is 1. The van der Waals surface area contributed by atoms with Crippen molar-refractivity contribution in [1.29, 1.82) is 0 Å². The number of halogens is 1. The van der Waals surface area contributed by atoms with Crippen LogP contribution in [0.15, 0.2) is 83.3 Å². The molecular formula is C32H36FN3O3. The summed E-state index contributed by atoms with van der Waals surface area (Å²) in [6, 6.07) is 12.6. The number of carboxylic acids is 1. The zero-order valence-corrected chi connectivity index (χ0v) is 23.2. The summed E-state index contributed by atoms with van der Waals surface area (Å²) in [6.07, 6.45) is 7.86. The fourth-order valence-corrected chi connectivity index (χ4v) is 4.70. The van der Waals surface area contributed by atoms with Crippen LogP contribution in [0.5, 0.6) is 0 Å². The molecule has 7 heteroatoms. The first-order valence-electron chi connectivity index (χ1n) is 13.0. The molecule has 1 unspecified atom stereocenters. The monoisotopic (exact) mass is 529 g/mol. The van der Waals surface area contributed by atoms with Gasteiger partial charge in [0.25, 0.3) is 5.91 Å². The topological polar surface area (TPSA) is 73.2 Å². The number of fused-ring (bicyclic) bond motifs is 1. The Morgan fingerprint density at radius 3 is 2.62 bits per heavy atom. The van der Waals surface area contributed by atoms with Crippen molar-refractivity contribution in [2.75, 3.05) is 13.6 Å². The predicted octanol–water partition coefficient (Wildman–Crippen LogP) is 6.63. The summed E-state index contributed by atoms with van der Waals surface area (Å²) in [5.74, 6) is -1.35. The van der Waals surface area contributed by atoms with Crippen molar-refractivity contribution in [3.8, 4) is 0 Å². The molecule has 204 valence electrons. The fraction of sp³-hybridized carbons (Fsp3) is 0.281. The van der Waals surface area contributed by atoms with Crippen LogP contribution < -0.4 is 0 Å². The minimum absolute atomic E-state index is 0.0674. The number of hydrogen-bond donors (Lipinski definition) is 1. The van der Waals surface area contributed by atoms with Crippen LogP contribution in [0.1, 0.15) is 62.4 Å². The van der Waals surface area contributed by atoms with E-state index in [0.717, 1.165) is 24.1 Å². The van der Waals surface area contributed by atoms with Crippen molar-refractivity contribution >= 4 is 29.7 Å². The molecular weight excluding hydrogens is 493 g/mol. The first kappa shape index (κ1) is 29.3. The first-order chi connectivity index (χ1) is 18.6. The molecule has 1 aliphatic rings. The quantitative estimate of drug-likeness (QED) is 0.225. The van der Waals surface area contributed by atoms with Crippen LogP contribution >= 0.6 is 0 Å². The molecule has 1 atom stereocenters. The lowest BCUT2D eigenvalue weighted by Crippen LogP contribution is -2.39. The van der Waals surface area contributed by atoms with E-state index in [4.69, 9.17) is 5.11 Å². The van der Waals surface area contributed by atoms with Crippen molar-refractivity contribution in [3.05, 3.63) is 106 Å². The van der Waals surface area contributed by atoms with Crippen LogP contribution in [-0.2, 0) is 16.0 Å². The largest absolute Gasteiger partial charge is 0.478 e. The second-order valence-electron chi connectivity index (χ2n) is 9.51. The molecule has 1 heterocycles. The minimum Gasteiger partial charge on any atom is -0.478 e. The van der Waals surface area contributed by atoms with E-state index >= 15 is 4.39 Å². The molecule has 0 saturated heterocycles. The van der Waals surface area contributed by atoms with Crippen LogP contribution in [0.3, 0.4) is 0 Å². The first-order valence-corrected chi connectivity index (χ1v) is 13.0. The molecule has 0 saturated carbocycles. The van der Waals surface area contributed by atoms with Crippen LogP contribution in [0.25, 0.3) is 11.6 Å². The molecule has 1 amide bonds. The van der Waals surface area contributed by atoms with Crippen molar-refractivity contribution in [3.63, 3.8) is 0 Å². The van der Waals surface area contributed by atoms with E-state index < -0.39 is 11.8 Å². The summed E-state index contributed by atoms with van der Waals surface area (Å²) < 4.78 is 15.0. The molecule has 0 bridgehead atoms. The van der Waals surface area contributed by atoms with Crippen molar-refractivity contribution in [2.45, 2.75) is 46.6 Å². The molecule has 0 aliphatic carbocycles. The lowest BCUT2D eigenvalue weighted by Gasteiger charge is -2.34. The van der Waals surface area contributed by atoms with E-state index in [0.29, 0.717) is 23.5 Å². The average molecular weight is 530 g/mol. The maximum atomic E-state index is 15.0. The number of aliphatic imine (C=N–C) groups is 1. The maximum Gasteiger partial charge on any atom is 0.331 e. The number of allylic oxidation sites excluding steroid dienone is 4. The second-order valence-corrected chi connectivity index (χ2v) is 9.51. The van der Waals surface area contributed by atoms with Gasteiger partial charge >= 0.3 is 5.97 Å².